The molecule has 98 valence electrons. The van der Waals surface area contributed by atoms with Crippen LogP contribution in [0.5, 0.6) is 0 Å². The predicted octanol–water partition coefficient (Wildman–Crippen LogP) is 2.83. The van der Waals surface area contributed by atoms with Crippen LogP contribution in [0.2, 0.25) is 0 Å². The number of carbonyl (C=O) groups excluding carboxylic acids is 1. The van der Waals surface area contributed by atoms with E-state index in [-0.39, 0.29) is 11.8 Å². The number of carbonyl (C=O) groups is 1. The Hall–Kier alpha value is -1.73. The van der Waals surface area contributed by atoms with Crippen molar-refractivity contribution in [1.82, 2.24) is 14.8 Å². The Balaban J connectivity index is 1.78. The third-order valence-electron chi connectivity index (χ3n) is 2.95. The van der Waals surface area contributed by atoms with Gasteiger partial charge in [0.1, 0.15) is 4.01 Å². The first-order valence-corrected chi connectivity index (χ1v) is 7.47. The molecule has 0 aliphatic rings. The van der Waals surface area contributed by atoms with E-state index in [1.165, 1.54) is 11.3 Å². The van der Waals surface area contributed by atoms with E-state index in [2.05, 4.69) is 15.4 Å². The van der Waals surface area contributed by atoms with Crippen LogP contribution >= 0.6 is 22.7 Å². The highest BCUT2D eigenvalue weighted by atomic mass is 32.2. The summed E-state index contributed by atoms with van der Waals surface area (Å²) in [6.45, 7) is 1.86. The summed E-state index contributed by atoms with van der Waals surface area (Å²) in [6, 6.07) is 3.81. The van der Waals surface area contributed by atoms with E-state index < -0.39 is 0 Å². The Bertz CT molecular complexity index is 698. The van der Waals surface area contributed by atoms with Crippen molar-refractivity contribution < 1.29 is 4.79 Å². The van der Waals surface area contributed by atoms with Crippen LogP contribution < -0.4 is 5.32 Å². The summed E-state index contributed by atoms with van der Waals surface area (Å²) in [5.41, 5.74) is 1.83. The van der Waals surface area contributed by atoms with Crippen molar-refractivity contribution >= 4 is 43.2 Å². The first kappa shape index (κ1) is 12.3. The lowest BCUT2D eigenvalue weighted by atomic mass is 10.1. The number of amides is 1. The zero-order valence-corrected chi connectivity index (χ0v) is 12.1. The molecule has 0 aliphatic heterocycles. The summed E-state index contributed by atoms with van der Waals surface area (Å²) in [4.78, 5) is 16.6. The van der Waals surface area contributed by atoms with Gasteiger partial charge in [-0.3, -0.25) is 9.48 Å². The number of nitrogens with one attached hydrogen (secondary N) is 1. The van der Waals surface area contributed by atoms with Crippen LogP contribution in [-0.2, 0) is 11.8 Å². The van der Waals surface area contributed by atoms with Crippen LogP contribution in [0.1, 0.15) is 18.5 Å². The minimum absolute atomic E-state index is 0.0648. The van der Waals surface area contributed by atoms with Crippen molar-refractivity contribution in [2.45, 2.75) is 12.8 Å². The third kappa shape index (κ3) is 2.26. The second-order valence-electron chi connectivity index (χ2n) is 4.20. The zero-order chi connectivity index (χ0) is 13.4. The highest BCUT2D eigenvalue weighted by molar-refractivity contribution is 7.39. The van der Waals surface area contributed by atoms with Crippen molar-refractivity contribution in [2.75, 3.05) is 5.32 Å². The molecule has 0 radical (unpaired) electrons. The molecule has 0 bridgehead atoms. The van der Waals surface area contributed by atoms with E-state index in [0.717, 1.165) is 15.2 Å². The van der Waals surface area contributed by atoms with Gasteiger partial charge in [-0.2, -0.15) is 5.10 Å². The number of aryl methyl sites for hydroxylation is 1. The van der Waals surface area contributed by atoms with Crippen LogP contribution in [0.15, 0.2) is 23.7 Å². The molecule has 0 fully saturated rings. The lowest BCUT2D eigenvalue weighted by molar-refractivity contribution is -0.117. The SMILES string of the molecule is CC(C(=O)Nc1nc2ccsc2s1)c1ccnn1C. The molecule has 1 amide bonds. The van der Waals surface area contributed by atoms with Gasteiger partial charge in [0.2, 0.25) is 5.91 Å². The number of nitrogens with zero attached hydrogens (tertiary/aromatic N) is 3. The van der Waals surface area contributed by atoms with Gasteiger partial charge in [-0.25, -0.2) is 4.98 Å². The van der Waals surface area contributed by atoms with Crippen LogP contribution in [-0.4, -0.2) is 20.7 Å². The average Bonchev–Trinajstić information content (AvgIpc) is 3.03. The minimum atomic E-state index is -0.255. The fourth-order valence-electron chi connectivity index (χ4n) is 1.88. The first-order valence-electron chi connectivity index (χ1n) is 5.78. The quantitative estimate of drug-likeness (QED) is 0.807. The van der Waals surface area contributed by atoms with E-state index in [1.54, 1.807) is 22.2 Å². The number of hydrogen-bond donors (Lipinski definition) is 1. The number of anilines is 1. The first-order chi connectivity index (χ1) is 9.15. The largest absolute Gasteiger partial charge is 0.301 e. The topological polar surface area (TPSA) is 59.8 Å². The van der Waals surface area contributed by atoms with E-state index in [9.17, 15) is 4.79 Å². The minimum Gasteiger partial charge on any atom is -0.301 e. The maximum Gasteiger partial charge on any atom is 0.234 e. The molecular weight excluding hydrogens is 280 g/mol. The lowest BCUT2D eigenvalue weighted by Crippen LogP contribution is -2.20. The number of fused-ring (bicyclic) bond motifs is 1. The molecule has 3 rings (SSSR count). The molecule has 1 N–H and O–H groups in total. The molecular formula is C12H12N4OS2. The normalized spacial score (nSPS) is 12.7. The highest BCUT2D eigenvalue weighted by Gasteiger charge is 2.19. The van der Waals surface area contributed by atoms with E-state index in [1.807, 2.05) is 31.5 Å². The molecule has 3 heterocycles. The fraction of sp³-hybridized carbons (Fsp3) is 0.250. The Labute approximate surface area is 117 Å². The van der Waals surface area contributed by atoms with Crippen molar-refractivity contribution in [1.29, 1.82) is 0 Å². The van der Waals surface area contributed by atoms with Crippen LogP contribution in [0.25, 0.3) is 9.53 Å². The van der Waals surface area contributed by atoms with Crippen molar-refractivity contribution in [3.63, 3.8) is 0 Å². The Kier molecular flexibility index (Phi) is 3.08. The molecule has 5 nitrogen and oxygen atoms in total. The van der Waals surface area contributed by atoms with Gasteiger partial charge >= 0.3 is 0 Å². The van der Waals surface area contributed by atoms with Crippen molar-refractivity contribution in [2.24, 2.45) is 7.05 Å². The molecule has 0 aromatic carbocycles. The standard InChI is InChI=1S/C12H12N4OS2/c1-7(9-3-5-13-16(9)2)10(17)15-12-14-8-4-6-18-11(8)19-12/h3-7H,1-2H3,(H,14,15,17). The molecule has 3 aromatic heterocycles. The number of thiophene rings is 1. The van der Waals surface area contributed by atoms with Crippen molar-refractivity contribution in [3.05, 3.63) is 29.4 Å². The van der Waals surface area contributed by atoms with Gasteiger partial charge in [0, 0.05) is 13.2 Å². The third-order valence-corrected chi connectivity index (χ3v) is 4.96. The Morgan fingerprint density at radius 3 is 3.00 bits per heavy atom. The lowest BCUT2D eigenvalue weighted by Gasteiger charge is -2.10. The Morgan fingerprint density at radius 1 is 1.47 bits per heavy atom. The van der Waals surface area contributed by atoms with E-state index in [0.29, 0.717) is 5.13 Å². The number of thiazole rings is 1. The summed E-state index contributed by atoms with van der Waals surface area (Å²) in [7, 11) is 1.83. The molecule has 0 saturated carbocycles. The van der Waals surface area contributed by atoms with Gasteiger partial charge in [-0.15, -0.1) is 11.3 Å². The molecule has 3 aromatic rings. The number of rotatable bonds is 3. The monoisotopic (exact) mass is 292 g/mol. The molecule has 7 heteroatoms. The molecule has 19 heavy (non-hydrogen) atoms. The fourth-order valence-corrected chi connectivity index (χ4v) is 3.72. The summed E-state index contributed by atoms with van der Waals surface area (Å²) >= 11 is 3.14. The van der Waals surface area contributed by atoms with Gasteiger partial charge < -0.3 is 5.32 Å². The second-order valence-corrected chi connectivity index (χ2v) is 6.38. The van der Waals surface area contributed by atoms with Gasteiger partial charge in [-0.05, 0) is 24.4 Å². The van der Waals surface area contributed by atoms with Gasteiger partial charge in [0.25, 0.3) is 0 Å². The van der Waals surface area contributed by atoms with Crippen LogP contribution in [0.4, 0.5) is 5.13 Å². The van der Waals surface area contributed by atoms with E-state index in [4.69, 9.17) is 0 Å². The van der Waals surface area contributed by atoms with Gasteiger partial charge in [0.15, 0.2) is 5.13 Å². The zero-order valence-electron chi connectivity index (χ0n) is 10.5. The maximum atomic E-state index is 12.2. The summed E-state index contributed by atoms with van der Waals surface area (Å²) in [6.07, 6.45) is 1.69. The molecule has 0 aliphatic carbocycles. The predicted molar refractivity (Wildman–Crippen MR) is 77.7 cm³/mol. The second kappa shape index (κ2) is 4.75. The van der Waals surface area contributed by atoms with E-state index >= 15 is 0 Å². The number of hydrogen-bond acceptors (Lipinski definition) is 5. The molecule has 1 atom stereocenters. The summed E-state index contributed by atoms with van der Waals surface area (Å²) in [5.74, 6) is -0.320. The van der Waals surface area contributed by atoms with Crippen LogP contribution in [0.3, 0.4) is 0 Å². The molecule has 0 spiro atoms. The van der Waals surface area contributed by atoms with Crippen molar-refractivity contribution in [3.8, 4) is 0 Å². The maximum absolute atomic E-state index is 12.2. The molecule has 1 unspecified atom stereocenters. The number of aromatic nitrogens is 3. The Morgan fingerprint density at radius 2 is 2.32 bits per heavy atom. The summed E-state index contributed by atoms with van der Waals surface area (Å²) < 4.78 is 2.84. The van der Waals surface area contributed by atoms with Gasteiger partial charge in [0.05, 0.1) is 17.1 Å². The van der Waals surface area contributed by atoms with Crippen LogP contribution in [0, 0.1) is 0 Å². The molecule has 0 saturated heterocycles. The highest BCUT2D eigenvalue weighted by Crippen LogP contribution is 2.30. The van der Waals surface area contributed by atoms with Gasteiger partial charge in [-0.1, -0.05) is 11.3 Å². The average molecular weight is 292 g/mol. The summed E-state index contributed by atoms with van der Waals surface area (Å²) in [5, 5.41) is 9.60. The smallest absolute Gasteiger partial charge is 0.234 e.